The minimum atomic E-state index is -0.332. The van der Waals surface area contributed by atoms with Crippen LogP contribution >= 0.6 is 0 Å². The van der Waals surface area contributed by atoms with Crippen molar-refractivity contribution in [3.8, 4) is 5.75 Å². The Bertz CT molecular complexity index is 1230. The number of amides is 2. The highest BCUT2D eigenvalue weighted by atomic mass is 19.1. The van der Waals surface area contributed by atoms with E-state index in [4.69, 9.17) is 9.47 Å². The number of carbonyl (C=O) groups excluding carboxylic acids is 2. The Hall–Kier alpha value is -3.72. The van der Waals surface area contributed by atoms with Gasteiger partial charge in [0.2, 0.25) is 5.91 Å². The lowest BCUT2D eigenvalue weighted by Gasteiger charge is -2.31. The number of halogens is 1. The van der Waals surface area contributed by atoms with E-state index in [1.807, 2.05) is 28.8 Å². The molecule has 3 heterocycles. The summed E-state index contributed by atoms with van der Waals surface area (Å²) in [7, 11) is 1.63. The van der Waals surface area contributed by atoms with Crippen LogP contribution in [0, 0.1) is 11.7 Å². The van der Waals surface area contributed by atoms with Crippen molar-refractivity contribution in [2.45, 2.75) is 38.6 Å². The van der Waals surface area contributed by atoms with Crippen molar-refractivity contribution in [1.82, 2.24) is 19.8 Å². The summed E-state index contributed by atoms with van der Waals surface area (Å²) in [4.78, 5) is 32.0. The fourth-order valence-corrected chi connectivity index (χ4v) is 4.79. The van der Waals surface area contributed by atoms with Crippen LogP contribution in [0.2, 0.25) is 0 Å². The fraction of sp³-hybridized carbons (Fsp3) is 0.370. The molecule has 1 atom stereocenters. The first kappa shape index (κ1) is 24.0. The van der Waals surface area contributed by atoms with Crippen LogP contribution in [0.25, 0.3) is 0 Å². The van der Waals surface area contributed by atoms with Gasteiger partial charge < -0.3 is 24.3 Å². The third kappa shape index (κ3) is 4.97. The molecular weight excluding hydrogens is 463 g/mol. The number of ether oxygens (including phenoxy) is 2. The molecule has 2 amide bonds. The van der Waals surface area contributed by atoms with Crippen LogP contribution < -0.4 is 10.1 Å². The highest BCUT2D eigenvalue weighted by Crippen LogP contribution is 2.30. The molecule has 1 aromatic heterocycles. The maximum Gasteiger partial charge on any atom is 0.274 e. The molecule has 36 heavy (non-hydrogen) atoms. The molecular formula is C27H29FN4O4. The molecule has 188 valence electrons. The summed E-state index contributed by atoms with van der Waals surface area (Å²) in [6.07, 6.45) is 2.69. The van der Waals surface area contributed by atoms with Gasteiger partial charge in [0.15, 0.2) is 5.69 Å². The first-order valence-electron chi connectivity index (χ1n) is 12.1. The number of aromatic nitrogens is 2. The molecule has 0 spiro atoms. The van der Waals surface area contributed by atoms with Crippen LogP contribution in [-0.2, 0) is 29.2 Å². The zero-order valence-electron chi connectivity index (χ0n) is 20.2. The van der Waals surface area contributed by atoms with Gasteiger partial charge in [-0.2, -0.15) is 0 Å². The Kier molecular flexibility index (Phi) is 6.99. The second-order valence-electron chi connectivity index (χ2n) is 9.14. The van der Waals surface area contributed by atoms with Crippen molar-refractivity contribution in [2.24, 2.45) is 5.92 Å². The number of hydrogen-bond donors (Lipinski definition) is 1. The van der Waals surface area contributed by atoms with Gasteiger partial charge in [-0.1, -0.05) is 30.3 Å². The van der Waals surface area contributed by atoms with E-state index in [1.165, 1.54) is 6.07 Å². The summed E-state index contributed by atoms with van der Waals surface area (Å²) in [5.41, 5.74) is 2.68. The number of carbonyl (C=O) groups is 2. The average Bonchev–Trinajstić information content (AvgIpc) is 3.35. The molecule has 0 radical (unpaired) electrons. The van der Waals surface area contributed by atoms with Crippen molar-refractivity contribution in [1.29, 1.82) is 0 Å². The SMILES string of the molecule is COc1ccc([C@H]2Cn3cnc(C(=O)N4CCC(C(=O)NCc5ccccc5F)CC4)c3CO2)cc1. The standard InChI is InChI=1S/C27H29FN4O4/c1-35-21-8-6-18(7-9-21)24-15-32-17-30-25(23(32)16-36-24)27(34)31-12-10-19(11-13-31)26(33)29-14-20-4-2-3-5-22(20)28/h2-9,17,19,24H,10-16H2,1H3,(H,29,33)/t24-/m1/s1. The summed E-state index contributed by atoms with van der Waals surface area (Å²) < 4.78 is 27.1. The van der Waals surface area contributed by atoms with E-state index in [0.29, 0.717) is 50.3 Å². The van der Waals surface area contributed by atoms with Crippen LogP contribution in [0.4, 0.5) is 4.39 Å². The molecule has 0 unspecified atom stereocenters. The lowest BCUT2D eigenvalue weighted by Crippen LogP contribution is -2.43. The normalized spacial score (nSPS) is 17.9. The molecule has 2 aliphatic rings. The Balaban J connectivity index is 1.15. The van der Waals surface area contributed by atoms with Crippen LogP contribution in [0.3, 0.4) is 0 Å². The van der Waals surface area contributed by atoms with E-state index >= 15 is 0 Å². The first-order valence-corrected chi connectivity index (χ1v) is 12.1. The summed E-state index contributed by atoms with van der Waals surface area (Å²) in [5.74, 6) is 0.00602. The molecule has 8 nitrogen and oxygen atoms in total. The number of benzene rings is 2. The van der Waals surface area contributed by atoms with E-state index in [0.717, 1.165) is 17.0 Å². The molecule has 2 aliphatic heterocycles. The smallest absolute Gasteiger partial charge is 0.274 e. The van der Waals surface area contributed by atoms with E-state index in [1.54, 1.807) is 36.5 Å². The van der Waals surface area contributed by atoms with Crippen LogP contribution in [0.5, 0.6) is 5.75 Å². The van der Waals surface area contributed by atoms with Gasteiger partial charge in [-0.3, -0.25) is 9.59 Å². The first-order chi connectivity index (χ1) is 17.5. The van der Waals surface area contributed by atoms with Crippen LogP contribution in [0.1, 0.15) is 46.3 Å². The Labute approximate surface area is 209 Å². The number of piperidine rings is 1. The van der Waals surface area contributed by atoms with Crippen molar-refractivity contribution in [3.05, 3.63) is 83.2 Å². The highest BCUT2D eigenvalue weighted by molar-refractivity contribution is 5.93. The van der Waals surface area contributed by atoms with Crippen molar-refractivity contribution < 1.29 is 23.5 Å². The topological polar surface area (TPSA) is 85.7 Å². The Morgan fingerprint density at radius 3 is 2.61 bits per heavy atom. The van der Waals surface area contributed by atoms with Crippen molar-refractivity contribution >= 4 is 11.8 Å². The Morgan fingerprint density at radius 1 is 1.14 bits per heavy atom. The number of likely N-dealkylation sites (tertiary alicyclic amines) is 1. The lowest BCUT2D eigenvalue weighted by atomic mass is 9.95. The number of nitrogens with zero attached hydrogens (tertiary/aromatic N) is 3. The number of imidazole rings is 1. The Morgan fingerprint density at radius 2 is 1.89 bits per heavy atom. The lowest BCUT2D eigenvalue weighted by molar-refractivity contribution is -0.126. The maximum atomic E-state index is 13.8. The summed E-state index contributed by atoms with van der Waals surface area (Å²) in [5, 5.41) is 2.82. The van der Waals surface area contributed by atoms with E-state index in [9.17, 15) is 14.0 Å². The van der Waals surface area contributed by atoms with Gasteiger partial charge in [0.25, 0.3) is 5.91 Å². The predicted octanol–water partition coefficient (Wildman–Crippen LogP) is 3.47. The number of hydrogen-bond acceptors (Lipinski definition) is 5. The number of fused-ring (bicyclic) bond motifs is 1. The quantitative estimate of drug-likeness (QED) is 0.570. The molecule has 0 aliphatic carbocycles. The molecule has 0 saturated carbocycles. The van der Waals surface area contributed by atoms with Gasteiger partial charge in [-0.25, -0.2) is 9.37 Å². The highest BCUT2D eigenvalue weighted by Gasteiger charge is 2.32. The largest absolute Gasteiger partial charge is 0.497 e. The van der Waals surface area contributed by atoms with Gasteiger partial charge in [0, 0.05) is 31.1 Å². The minimum absolute atomic E-state index is 0.109. The maximum absolute atomic E-state index is 13.8. The van der Waals surface area contributed by atoms with Crippen LogP contribution in [0.15, 0.2) is 54.9 Å². The predicted molar refractivity (Wildman–Crippen MR) is 130 cm³/mol. The molecule has 5 rings (SSSR count). The second-order valence-corrected chi connectivity index (χ2v) is 9.14. The third-order valence-corrected chi connectivity index (χ3v) is 6.98. The molecule has 1 fully saturated rings. The number of rotatable bonds is 6. The van der Waals surface area contributed by atoms with Gasteiger partial charge in [0.05, 0.1) is 32.3 Å². The summed E-state index contributed by atoms with van der Waals surface area (Å²) >= 11 is 0. The number of methoxy groups -OCH3 is 1. The molecule has 9 heteroatoms. The van der Waals surface area contributed by atoms with Gasteiger partial charge >= 0.3 is 0 Å². The molecule has 1 saturated heterocycles. The van der Waals surface area contributed by atoms with Crippen molar-refractivity contribution in [2.75, 3.05) is 20.2 Å². The monoisotopic (exact) mass is 492 g/mol. The van der Waals surface area contributed by atoms with Gasteiger partial charge in [0.1, 0.15) is 17.7 Å². The zero-order valence-corrected chi connectivity index (χ0v) is 20.2. The van der Waals surface area contributed by atoms with E-state index in [-0.39, 0.29) is 36.2 Å². The summed E-state index contributed by atoms with van der Waals surface area (Å²) in [6.45, 7) is 1.97. The van der Waals surface area contributed by atoms with E-state index in [2.05, 4.69) is 10.3 Å². The zero-order chi connectivity index (χ0) is 25.1. The van der Waals surface area contributed by atoms with Crippen LogP contribution in [-0.4, -0.2) is 46.5 Å². The molecule has 3 aromatic rings. The van der Waals surface area contributed by atoms with Crippen molar-refractivity contribution in [3.63, 3.8) is 0 Å². The molecule has 0 bridgehead atoms. The third-order valence-electron chi connectivity index (χ3n) is 6.98. The summed E-state index contributed by atoms with van der Waals surface area (Å²) in [6, 6.07) is 14.2. The van der Waals surface area contributed by atoms with Gasteiger partial charge in [-0.15, -0.1) is 0 Å². The average molecular weight is 493 g/mol. The van der Waals surface area contributed by atoms with Gasteiger partial charge in [-0.05, 0) is 36.6 Å². The van der Waals surface area contributed by atoms with E-state index < -0.39 is 0 Å². The minimum Gasteiger partial charge on any atom is -0.497 e. The second kappa shape index (κ2) is 10.5. The number of nitrogens with one attached hydrogen (secondary N) is 1. The fourth-order valence-electron chi connectivity index (χ4n) is 4.79. The molecule has 2 aromatic carbocycles. The molecule has 1 N–H and O–H groups in total.